The summed E-state index contributed by atoms with van der Waals surface area (Å²) >= 11 is 0. The monoisotopic (exact) mass is 429 g/mol. The Bertz CT molecular complexity index is 1090. The maximum atomic E-state index is 13.5. The molecular weight excluding hydrogens is 401 g/mol. The average Bonchev–Trinajstić information content (AvgIpc) is 3.09. The SMILES string of the molecule is O=C(Cc1cccc(F)c1)N[C@H]1CC2(CCN(Cc3cccnc3)CC2)c2ccccc21. The van der Waals surface area contributed by atoms with E-state index in [9.17, 15) is 9.18 Å². The van der Waals surface area contributed by atoms with Crippen LogP contribution in [0.1, 0.15) is 47.6 Å². The zero-order chi connectivity index (χ0) is 22.0. The van der Waals surface area contributed by atoms with Crippen molar-refractivity contribution < 1.29 is 9.18 Å². The lowest BCUT2D eigenvalue weighted by atomic mass is 9.73. The normalized spacial score (nSPS) is 19.6. The quantitative estimate of drug-likeness (QED) is 0.647. The number of hydrogen-bond acceptors (Lipinski definition) is 3. The van der Waals surface area contributed by atoms with Crippen LogP contribution in [0.3, 0.4) is 0 Å². The van der Waals surface area contributed by atoms with Crippen molar-refractivity contribution in [2.24, 2.45) is 0 Å². The third-order valence-electron chi connectivity index (χ3n) is 7.03. The Balaban J connectivity index is 1.27. The Morgan fingerprint density at radius 1 is 1.06 bits per heavy atom. The molecule has 1 fully saturated rings. The molecule has 0 bridgehead atoms. The summed E-state index contributed by atoms with van der Waals surface area (Å²) in [4.78, 5) is 19.5. The fraction of sp³-hybridized carbons (Fsp3) is 0.333. The molecule has 1 aliphatic carbocycles. The molecule has 5 heteroatoms. The molecule has 0 saturated carbocycles. The molecule has 4 nitrogen and oxygen atoms in total. The predicted molar refractivity (Wildman–Crippen MR) is 122 cm³/mol. The second-order valence-electron chi connectivity index (χ2n) is 9.14. The molecule has 0 unspecified atom stereocenters. The van der Waals surface area contributed by atoms with Gasteiger partial charge in [0, 0.05) is 24.4 Å². The smallest absolute Gasteiger partial charge is 0.224 e. The zero-order valence-electron chi connectivity index (χ0n) is 18.1. The molecule has 2 aliphatic rings. The topological polar surface area (TPSA) is 45.2 Å². The van der Waals surface area contributed by atoms with E-state index < -0.39 is 0 Å². The summed E-state index contributed by atoms with van der Waals surface area (Å²) in [5.41, 5.74) is 4.68. The van der Waals surface area contributed by atoms with Crippen molar-refractivity contribution in [3.05, 3.63) is 101 Å². The number of pyridine rings is 1. The van der Waals surface area contributed by atoms with Crippen LogP contribution in [0.4, 0.5) is 4.39 Å². The first kappa shape index (κ1) is 20.8. The van der Waals surface area contributed by atoms with Crippen LogP contribution in [0.2, 0.25) is 0 Å². The number of aromatic nitrogens is 1. The van der Waals surface area contributed by atoms with Gasteiger partial charge in [-0.1, -0.05) is 42.5 Å². The van der Waals surface area contributed by atoms with Gasteiger partial charge in [-0.2, -0.15) is 0 Å². The van der Waals surface area contributed by atoms with Crippen LogP contribution in [-0.2, 0) is 23.2 Å². The first-order valence-electron chi connectivity index (χ1n) is 11.4. The summed E-state index contributed by atoms with van der Waals surface area (Å²) in [5, 5.41) is 3.24. The minimum atomic E-state index is -0.307. The van der Waals surface area contributed by atoms with E-state index in [0.29, 0.717) is 5.56 Å². The number of benzene rings is 2. The Morgan fingerprint density at radius 3 is 2.66 bits per heavy atom. The largest absolute Gasteiger partial charge is 0.349 e. The van der Waals surface area contributed by atoms with Gasteiger partial charge in [0.15, 0.2) is 0 Å². The molecule has 2 heterocycles. The lowest BCUT2D eigenvalue weighted by Crippen LogP contribution is -2.41. The highest BCUT2D eigenvalue weighted by atomic mass is 19.1. The van der Waals surface area contributed by atoms with E-state index in [4.69, 9.17) is 0 Å². The van der Waals surface area contributed by atoms with Gasteiger partial charge in [-0.3, -0.25) is 14.7 Å². The molecule has 1 N–H and O–H groups in total. The van der Waals surface area contributed by atoms with E-state index in [2.05, 4.69) is 45.5 Å². The van der Waals surface area contributed by atoms with Gasteiger partial charge in [0.2, 0.25) is 5.91 Å². The summed E-state index contributed by atoms with van der Waals surface area (Å²) in [5.74, 6) is -0.361. The molecule has 1 amide bonds. The van der Waals surface area contributed by atoms with Crippen LogP contribution in [0.25, 0.3) is 0 Å². The first-order valence-corrected chi connectivity index (χ1v) is 11.4. The minimum Gasteiger partial charge on any atom is -0.349 e. The molecule has 164 valence electrons. The fourth-order valence-corrected chi connectivity index (χ4v) is 5.46. The van der Waals surface area contributed by atoms with E-state index in [-0.39, 0.29) is 29.6 Å². The van der Waals surface area contributed by atoms with Gasteiger partial charge in [-0.25, -0.2) is 4.39 Å². The van der Waals surface area contributed by atoms with Crippen LogP contribution in [0.5, 0.6) is 0 Å². The molecule has 1 aliphatic heterocycles. The van der Waals surface area contributed by atoms with E-state index >= 15 is 0 Å². The molecule has 1 atom stereocenters. The number of likely N-dealkylation sites (tertiary alicyclic amines) is 1. The second kappa shape index (κ2) is 8.83. The molecule has 0 radical (unpaired) electrons. The van der Waals surface area contributed by atoms with Gasteiger partial charge in [-0.15, -0.1) is 0 Å². The van der Waals surface area contributed by atoms with Crippen LogP contribution >= 0.6 is 0 Å². The maximum Gasteiger partial charge on any atom is 0.224 e. The Morgan fingerprint density at radius 2 is 1.88 bits per heavy atom. The molecule has 32 heavy (non-hydrogen) atoms. The van der Waals surface area contributed by atoms with E-state index in [0.717, 1.165) is 38.9 Å². The van der Waals surface area contributed by atoms with Gasteiger partial charge in [0.05, 0.1) is 12.5 Å². The maximum absolute atomic E-state index is 13.5. The predicted octanol–water partition coefficient (Wildman–Crippen LogP) is 4.56. The van der Waals surface area contributed by atoms with Crippen LogP contribution < -0.4 is 5.32 Å². The first-order chi connectivity index (χ1) is 15.6. The third-order valence-corrected chi connectivity index (χ3v) is 7.03. The highest BCUT2D eigenvalue weighted by Crippen LogP contribution is 2.50. The van der Waals surface area contributed by atoms with Gasteiger partial charge in [-0.05, 0) is 72.8 Å². The number of amides is 1. The Kier molecular flexibility index (Phi) is 5.75. The number of piperidine rings is 1. The molecule has 3 aromatic rings. The van der Waals surface area contributed by atoms with Crippen molar-refractivity contribution in [1.29, 1.82) is 0 Å². The van der Waals surface area contributed by atoms with Crippen molar-refractivity contribution in [3.8, 4) is 0 Å². The average molecular weight is 430 g/mol. The highest BCUT2D eigenvalue weighted by molar-refractivity contribution is 5.79. The summed E-state index contributed by atoms with van der Waals surface area (Å²) in [6.07, 6.45) is 7.05. The summed E-state index contributed by atoms with van der Waals surface area (Å²) in [7, 11) is 0. The number of hydrogen-bond donors (Lipinski definition) is 1. The fourth-order valence-electron chi connectivity index (χ4n) is 5.46. The zero-order valence-corrected chi connectivity index (χ0v) is 18.1. The van der Waals surface area contributed by atoms with Crippen LogP contribution in [0, 0.1) is 5.82 Å². The van der Waals surface area contributed by atoms with Crippen molar-refractivity contribution in [1.82, 2.24) is 15.2 Å². The van der Waals surface area contributed by atoms with E-state index in [1.54, 1.807) is 12.1 Å². The molecule has 2 aromatic carbocycles. The number of carbonyl (C=O) groups is 1. The summed E-state index contributed by atoms with van der Waals surface area (Å²) in [6, 6.07) is 19.0. The number of rotatable bonds is 5. The molecule has 1 aromatic heterocycles. The van der Waals surface area contributed by atoms with Crippen molar-refractivity contribution in [2.75, 3.05) is 13.1 Å². The van der Waals surface area contributed by atoms with Crippen molar-refractivity contribution >= 4 is 5.91 Å². The van der Waals surface area contributed by atoms with Gasteiger partial charge >= 0.3 is 0 Å². The number of nitrogens with one attached hydrogen (secondary N) is 1. The van der Waals surface area contributed by atoms with Gasteiger partial charge < -0.3 is 5.32 Å². The lowest BCUT2D eigenvalue weighted by molar-refractivity contribution is -0.121. The Labute approximate surface area is 188 Å². The standard InChI is InChI=1S/C27H28FN3O/c28-22-7-3-5-20(15-22)16-26(32)30-25-17-27(24-9-2-1-8-23(24)25)10-13-31(14-11-27)19-21-6-4-12-29-18-21/h1-9,12,15,18,25H,10-11,13-14,16-17,19H2,(H,30,32)/t25-/m0/s1. The minimum absolute atomic E-state index is 0.0112. The molecule has 5 rings (SSSR count). The third kappa shape index (κ3) is 4.30. The lowest BCUT2D eigenvalue weighted by Gasteiger charge is -2.40. The van der Waals surface area contributed by atoms with Crippen LogP contribution in [-0.4, -0.2) is 28.9 Å². The number of halogens is 1. The van der Waals surface area contributed by atoms with E-state index in [1.165, 1.54) is 28.8 Å². The number of fused-ring (bicyclic) bond motifs is 2. The summed E-state index contributed by atoms with van der Waals surface area (Å²) < 4.78 is 13.5. The van der Waals surface area contributed by atoms with Gasteiger partial charge in [0.25, 0.3) is 0 Å². The van der Waals surface area contributed by atoms with Crippen LogP contribution in [0.15, 0.2) is 73.1 Å². The molecular formula is C27H28FN3O. The Hall–Kier alpha value is -3.05. The van der Waals surface area contributed by atoms with E-state index in [1.807, 2.05) is 18.5 Å². The number of carbonyl (C=O) groups excluding carboxylic acids is 1. The van der Waals surface area contributed by atoms with Crippen molar-refractivity contribution in [2.45, 2.75) is 43.7 Å². The highest BCUT2D eigenvalue weighted by Gasteiger charge is 2.45. The van der Waals surface area contributed by atoms with Crippen molar-refractivity contribution in [3.63, 3.8) is 0 Å². The number of nitrogens with zero attached hydrogens (tertiary/aromatic N) is 2. The second-order valence-corrected chi connectivity index (χ2v) is 9.14. The molecule has 1 saturated heterocycles. The van der Waals surface area contributed by atoms with Gasteiger partial charge in [0.1, 0.15) is 5.82 Å². The summed E-state index contributed by atoms with van der Waals surface area (Å²) in [6.45, 7) is 3.00. The molecule has 1 spiro atoms.